The number of rotatable bonds is 14. The first kappa shape index (κ1) is 35.8. The Balaban J connectivity index is 1.22. The number of hydrogen-bond acceptors (Lipinski definition) is 6. The van der Waals surface area contributed by atoms with Crippen molar-refractivity contribution < 1.29 is 28.8 Å². The zero-order chi connectivity index (χ0) is 36.6. The van der Waals surface area contributed by atoms with Crippen molar-refractivity contribution in [3.05, 3.63) is 108 Å². The van der Waals surface area contributed by atoms with E-state index in [0.29, 0.717) is 19.3 Å². The highest BCUT2D eigenvalue weighted by atomic mass is 16.2. The van der Waals surface area contributed by atoms with E-state index in [1.54, 1.807) is 6.20 Å². The number of amides is 6. The van der Waals surface area contributed by atoms with Gasteiger partial charge in [0.15, 0.2) is 0 Å². The lowest BCUT2D eigenvalue weighted by molar-refractivity contribution is -0.142. The molecule has 6 rings (SSSR count). The molecule has 1 aromatic heterocycles. The number of aromatic nitrogens is 1. The maximum Gasteiger partial charge on any atom is 0.246 e. The van der Waals surface area contributed by atoms with Gasteiger partial charge in [-0.3, -0.25) is 28.8 Å². The Bertz CT molecular complexity index is 1930. The van der Waals surface area contributed by atoms with Gasteiger partial charge in [-0.2, -0.15) is 0 Å². The number of hydrogen-bond donors (Lipinski definition) is 6. The van der Waals surface area contributed by atoms with Gasteiger partial charge in [-0.05, 0) is 42.0 Å². The van der Waals surface area contributed by atoms with Crippen molar-refractivity contribution in [3.63, 3.8) is 0 Å². The summed E-state index contributed by atoms with van der Waals surface area (Å²) < 4.78 is 0. The van der Waals surface area contributed by atoms with Crippen LogP contribution in [0.4, 0.5) is 0 Å². The third-order valence-corrected chi connectivity index (χ3v) is 9.72. The summed E-state index contributed by atoms with van der Waals surface area (Å²) in [4.78, 5) is 84.4. The molecule has 0 unspecified atom stereocenters. The Labute approximate surface area is 301 Å². The number of nitrogens with one attached hydrogen (secondary N) is 5. The number of likely N-dealkylation sites (tertiary alicyclic amines) is 1. The van der Waals surface area contributed by atoms with E-state index in [2.05, 4.69) is 26.3 Å². The maximum absolute atomic E-state index is 14.2. The van der Waals surface area contributed by atoms with Crippen LogP contribution < -0.4 is 27.0 Å². The average molecular weight is 706 g/mol. The zero-order valence-corrected chi connectivity index (χ0v) is 28.7. The lowest BCUT2D eigenvalue weighted by Crippen LogP contribution is -2.59. The summed E-state index contributed by atoms with van der Waals surface area (Å²) in [6.07, 6.45) is 3.66. The molecule has 0 spiro atoms. The molecule has 4 aromatic rings. The van der Waals surface area contributed by atoms with Crippen molar-refractivity contribution in [2.75, 3.05) is 6.54 Å². The van der Waals surface area contributed by atoms with E-state index in [4.69, 9.17) is 5.73 Å². The Morgan fingerprint density at radius 3 is 2.04 bits per heavy atom. The van der Waals surface area contributed by atoms with Gasteiger partial charge in [0.25, 0.3) is 0 Å². The van der Waals surface area contributed by atoms with Crippen LogP contribution in [0.25, 0.3) is 10.9 Å². The SMILES string of the molecule is NC(=O)[C@H](Cc1ccccc1)NC(=O)[C@H](Cc1c[nH]c2ccccc12)NC(=O)[C@@H]1CCCN1C(=O)[C@H](Cc1ccccc1)NC(=O)[C@@H]1CCC(=O)N1. The summed E-state index contributed by atoms with van der Waals surface area (Å²) in [5, 5.41) is 12.0. The molecule has 2 fully saturated rings. The van der Waals surface area contributed by atoms with Gasteiger partial charge in [-0.1, -0.05) is 78.9 Å². The fourth-order valence-corrected chi connectivity index (χ4v) is 6.98. The van der Waals surface area contributed by atoms with Gasteiger partial charge in [0.05, 0.1) is 0 Å². The topological polar surface area (TPSA) is 196 Å². The normalized spacial score (nSPS) is 18.6. The second-order valence-electron chi connectivity index (χ2n) is 13.4. The second-order valence-corrected chi connectivity index (χ2v) is 13.4. The second kappa shape index (κ2) is 16.4. The molecule has 3 heterocycles. The first-order valence-corrected chi connectivity index (χ1v) is 17.6. The van der Waals surface area contributed by atoms with Crippen LogP contribution in [0, 0.1) is 0 Å². The number of para-hydroxylation sites is 1. The van der Waals surface area contributed by atoms with Crippen LogP contribution in [0.15, 0.2) is 91.1 Å². The third-order valence-electron chi connectivity index (χ3n) is 9.72. The minimum absolute atomic E-state index is 0.0961. The number of primary amides is 1. The Hall–Kier alpha value is -5.98. The molecule has 2 aliphatic rings. The van der Waals surface area contributed by atoms with E-state index in [9.17, 15) is 28.8 Å². The Kier molecular flexibility index (Phi) is 11.3. The number of nitrogens with two attached hydrogens (primary N) is 1. The van der Waals surface area contributed by atoms with Gasteiger partial charge >= 0.3 is 0 Å². The van der Waals surface area contributed by atoms with Crippen LogP contribution in [0.1, 0.15) is 42.4 Å². The molecular weight excluding hydrogens is 662 g/mol. The number of carbonyl (C=O) groups excluding carboxylic acids is 6. The van der Waals surface area contributed by atoms with Crippen LogP contribution in [0.5, 0.6) is 0 Å². The van der Waals surface area contributed by atoms with Crippen LogP contribution in [-0.4, -0.2) is 82.1 Å². The molecule has 0 saturated carbocycles. The molecule has 0 radical (unpaired) electrons. The van der Waals surface area contributed by atoms with Gasteiger partial charge in [-0.15, -0.1) is 0 Å². The highest BCUT2D eigenvalue weighted by molar-refractivity contribution is 5.97. The summed E-state index contributed by atoms with van der Waals surface area (Å²) in [6.45, 7) is 0.276. The van der Waals surface area contributed by atoms with E-state index in [0.717, 1.165) is 27.6 Å². The quantitative estimate of drug-likeness (QED) is 0.115. The van der Waals surface area contributed by atoms with Crippen LogP contribution in [-0.2, 0) is 48.0 Å². The summed E-state index contributed by atoms with van der Waals surface area (Å²) in [7, 11) is 0. The van der Waals surface area contributed by atoms with E-state index < -0.39 is 59.7 Å². The minimum Gasteiger partial charge on any atom is -0.368 e. The molecule has 13 nitrogen and oxygen atoms in total. The van der Waals surface area contributed by atoms with Crippen LogP contribution in [0.2, 0.25) is 0 Å². The molecule has 0 aliphatic carbocycles. The van der Waals surface area contributed by atoms with Crippen molar-refractivity contribution in [1.82, 2.24) is 31.2 Å². The molecule has 5 atom stereocenters. The highest BCUT2D eigenvalue weighted by Gasteiger charge is 2.40. The van der Waals surface area contributed by atoms with Gasteiger partial charge in [-0.25, -0.2) is 0 Å². The van der Waals surface area contributed by atoms with Crippen molar-refractivity contribution in [1.29, 1.82) is 0 Å². The molecule has 2 saturated heterocycles. The smallest absolute Gasteiger partial charge is 0.246 e. The third kappa shape index (κ3) is 8.66. The van der Waals surface area contributed by atoms with Gasteiger partial charge in [0, 0.05) is 49.3 Å². The molecule has 52 heavy (non-hydrogen) atoms. The van der Waals surface area contributed by atoms with Crippen molar-refractivity contribution in [2.45, 2.75) is 75.2 Å². The van der Waals surface area contributed by atoms with Gasteiger partial charge in [0.2, 0.25) is 35.4 Å². The summed E-state index contributed by atoms with van der Waals surface area (Å²) in [5.74, 6) is -2.97. The lowest BCUT2D eigenvalue weighted by atomic mass is 10.0. The maximum atomic E-state index is 14.2. The fourth-order valence-electron chi connectivity index (χ4n) is 6.98. The predicted molar refractivity (Wildman–Crippen MR) is 193 cm³/mol. The van der Waals surface area contributed by atoms with E-state index >= 15 is 0 Å². The number of fused-ring (bicyclic) bond motifs is 1. The van der Waals surface area contributed by atoms with Crippen LogP contribution in [0.3, 0.4) is 0 Å². The first-order valence-electron chi connectivity index (χ1n) is 17.6. The van der Waals surface area contributed by atoms with Gasteiger partial charge in [0.1, 0.15) is 30.2 Å². The number of H-pyrrole nitrogens is 1. The lowest BCUT2D eigenvalue weighted by Gasteiger charge is -2.30. The average Bonchev–Trinajstić information content (AvgIpc) is 3.92. The first-order chi connectivity index (χ1) is 25.2. The number of carbonyl (C=O) groups is 6. The van der Waals surface area contributed by atoms with Crippen LogP contribution >= 0.6 is 0 Å². The number of nitrogens with zero attached hydrogens (tertiary/aromatic N) is 1. The van der Waals surface area contributed by atoms with Crippen molar-refractivity contribution in [3.8, 4) is 0 Å². The summed E-state index contributed by atoms with van der Waals surface area (Å²) in [5.41, 5.74) is 8.97. The monoisotopic (exact) mass is 705 g/mol. The molecule has 7 N–H and O–H groups in total. The largest absolute Gasteiger partial charge is 0.368 e. The van der Waals surface area contributed by atoms with E-state index in [1.807, 2.05) is 84.9 Å². The Morgan fingerprint density at radius 1 is 0.750 bits per heavy atom. The number of aromatic amines is 1. The molecule has 270 valence electrons. The van der Waals surface area contributed by atoms with E-state index in [-0.39, 0.29) is 38.1 Å². The molecule has 6 amide bonds. The molecular formula is C39H43N7O6. The summed E-state index contributed by atoms with van der Waals surface area (Å²) >= 11 is 0. The Morgan fingerprint density at radius 2 is 1.38 bits per heavy atom. The molecule has 3 aromatic carbocycles. The highest BCUT2D eigenvalue weighted by Crippen LogP contribution is 2.23. The standard InChI is InChI=1S/C39H43N7O6/c40-35(48)30(20-24-10-3-1-4-11-24)43-37(50)31(22-26-23-41-28-15-8-7-14-27(26)28)44-38(51)33-16-9-19-46(33)39(52)32(21-25-12-5-2-6-13-25)45-36(49)29-17-18-34(47)42-29/h1-8,10-15,23,29-33,41H,9,16-22H2,(H2,40,48)(H,42,47)(H,43,50)(H,44,51)(H,45,49)/t29-,30-,31-,32-,33-/m0/s1. The van der Waals surface area contributed by atoms with Crippen molar-refractivity contribution >= 4 is 46.3 Å². The fraction of sp³-hybridized carbons (Fsp3) is 0.333. The predicted octanol–water partition coefficient (Wildman–Crippen LogP) is 1.41. The summed E-state index contributed by atoms with van der Waals surface area (Å²) in [6, 6.07) is 21.2. The number of benzene rings is 3. The van der Waals surface area contributed by atoms with Gasteiger partial charge < -0.3 is 36.9 Å². The molecule has 0 bridgehead atoms. The minimum atomic E-state index is -1.12. The molecule has 13 heteroatoms. The zero-order valence-electron chi connectivity index (χ0n) is 28.7. The van der Waals surface area contributed by atoms with E-state index in [1.165, 1.54) is 4.90 Å². The van der Waals surface area contributed by atoms with Crippen molar-refractivity contribution in [2.24, 2.45) is 5.73 Å². The molecule has 2 aliphatic heterocycles.